The van der Waals surface area contributed by atoms with Crippen molar-refractivity contribution < 1.29 is 9.47 Å². The third kappa shape index (κ3) is 5.19. The van der Waals surface area contributed by atoms with Gasteiger partial charge < -0.3 is 14.8 Å². The summed E-state index contributed by atoms with van der Waals surface area (Å²) in [7, 11) is 1.67. The first-order chi connectivity index (χ1) is 10.1. The lowest BCUT2D eigenvalue weighted by atomic mass is 9.95. The van der Waals surface area contributed by atoms with Crippen LogP contribution < -0.4 is 14.8 Å². The number of hydrogen-bond acceptors (Lipinski definition) is 3. The van der Waals surface area contributed by atoms with E-state index in [1.165, 1.54) is 18.4 Å². The van der Waals surface area contributed by atoms with E-state index in [0.717, 1.165) is 28.4 Å². The molecule has 1 rings (SSSR count). The number of nitrogens with one attached hydrogen (secondary N) is 1. The maximum atomic E-state index is 5.62. The van der Waals surface area contributed by atoms with E-state index in [4.69, 9.17) is 9.47 Å². The fourth-order valence-electron chi connectivity index (χ4n) is 2.60. The maximum absolute atomic E-state index is 5.62. The van der Waals surface area contributed by atoms with Gasteiger partial charge >= 0.3 is 0 Å². The fraction of sp³-hybridized carbons (Fsp3) is 0.647. The normalized spacial score (nSPS) is 12.5. The van der Waals surface area contributed by atoms with Gasteiger partial charge in [0.25, 0.3) is 0 Å². The third-order valence-corrected chi connectivity index (χ3v) is 4.55. The number of ether oxygens (including phenoxy) is 2. The van der Waals surface area contributed by atoms with Crippen LogP contribution >= 0.6 is 15.9 Å². The molecule has 21 heavy (non-hydrogen) atoms. The first kappa shape index (κ1) is 18.3. The summed E-state index contributed by atoms with van der Waals surface area (Å²) < 4.78 is 12.0. The van der Waals surface area contributed by atoms with Crippen LogP contribution in [0.25, 0.3) is 0 Å². The highest BCUT2D eigenvalue weighted by atomic mass is 79.9. The zero-order valence-electron chi connectivity index (χ0n) is 13.8. The average Bonchev–Trinajstić information content (AvgIpc) is 2.48. The summed E-state index contributed by atoms with van der Waals surface area (Å²) in [4.78, 5) is 0. The van der Waals surface area contributed by atoms with Gasteiger partial charge in [0, 0.05) is 12.6 Å². The van der Waals surface area contributed by atoms with Gasteiger partial charge in [-0.25, -0.2) is 0 Å². The second-order valence-electron chi connectivity index (χ2n) is 5.29. The molecular formula is C17H28BrNO2. The van der Waals surface area contributed by atoms with Crippen molar-refractivity contribution >= 4 is 15.9 Å². The molecule has 1 N–H and O–H groups in total. The highest BCUT2D eigenvalue weighted by Gasteiger charge is 2.15. The van der Waals surface area contributed by atoms with Gasteiger partial charge in [0.2, 0.25) is 0 Å². The Bertz CT molecular complexity index is 433. The summed E-state index contributed by atoms with van der Waals surface area (Å²) >= 11 is 3.57. The predicted molar refractivity (Wildman–Crippen MR) is 92.2 cm³/mol. The van der Waals surface area contributed by atoms with E-state index in [1.807, 2.05) is 13.0 Å². The van der Waals surface area contributed by atoms with Crippen molar-refractivity contribution in [2.24, 2.45) is 5.92 Å². The van der Waals surface area contributed by atoms with Crippen LogP contribution in [0.1, 0.15) is 46.1 Å². The largest absolute Gasteiger partial charge is 0.493 e. The summed E-state index contributed by atoms with van der Waals surface area (Å²) in [6.07, 6.45) is 2.42. The monoisotopic (exact) mass is 357 g/mol. The Labute approximate surface area is 137 Å². The van der Waals surface area contributed by atoms with E-state index in [-0.39, 0.29) is 0 Å². The lowest BCUT2D eigenvalue weighted by Crippen LogP contribution is -2.32. The third-order valence-electron chi connectivity index (χ3n) is 3.96. The van der Waals surface area contributed by atoms with Gasteiger partial charge in [0.15, 0.2) is 11.5 Å². The van der Waals surface area contributed by atoms with Crippen LogP contribution in [0, 0.1) is 5.92 Å². The molecule has 1 aromatic rings. The van der Waals surface area contributed by atoms with E-state index in [1.54, 1.807) is 7.11 Å². The molecule has 3 nitrogen and oxygen atoms in total. The Morgan fingerprint density at radius 3 is 2.38 bits per heavy atom. The number of hydrogen-bond donors (Lipinski definition) is 1. The molecule has 0 radical (unpaired) electrons. The molecule has 0 aromatic heterocycles. The molecule has 0 aliphatic carbocycles. The van der Waals surface area contributed by atoms with Crippen molar-refractivity contribution in [3.63, 3.8) is 0 Å². The summed E-state index contributed by atoms with van der Waals surface area (Å²) in [5.41, 5.74) is 1.19. The van der Waals surface area contributed by atoms with Gasteiger partial charge in [-0.1, -0.05) is 26.7 Å². The molecule has 0 fully saturated rings. The molecule has 1 atom stereocenters. The van der Waals surface area contributed by atoms with Gasteiger partial charge in [-0.3, -0.25) is 0 Å². The number of methoxy groups -OCH3 is 1. The summed E-state index contributed by atoms with van der Waals surface area (Å²) in [5, 5.41) is 3.61. The predicted octanol–water partition coefficient (Wildman–Crippen LogP) is 4.77. The molecule has 1 aromatic carbocycles. The number of rotatable bonds is 9. The van der Waals surface area contributed by atoms with Gasteiger partial charge in [0.1, 0.15) is 0 Å². The van der Waals surface area contributed by atoms with Gasteiger partial charge in [0.05, 0.1) is 18.2 Å². The SMILES string of the molecule is CCOc1c(Br)cc(CNC(C)C(CC)CC)cc1OC. The minimum atomic E-state index is 0.510. The van der Waals surface area contributed by atoms with Crippen LogP contribution in [-0.2, 0) is 6.54 Å². The molecular weight excluding hydrogens is 330 g/mol. The Hall–Kier alpha value is -0.740. The van der Waals surface area contributed by atoms with Crippen LogP contribution in [-0.4, -0.2) is 19.8 Å². The van der Waals surface area contributed by atoms with Crippen molar-refractivity contribution in [2.75, 3.05) is 13.7 Å². The van der Waals surface area contributed by atoms with Crippen molar-refractivity contribution in [3.8, 4) is 11.5 Å². The second kappa shape index (κ2) is 9.31. The lowest BCUT2D eigenvalue weighted by Gasteiger charge is -2.23. The summed E-state index contributed by atoms with van der Waals surface area (Å²) in [6.45, 7) is 10.2. The first-order valence-corrected chi connectivity index (χ1v) is 8.59. The Morgan fingerprint density at radius 2 is 1.86 bits per heavy atom. The molecule has 0 bridgehead atoms. The van der Waals surface area contributed by atoms with Crippen molar-refractivity contribution in [2.45, 2.75) is 53.1 Å². The lowest BCUT2D eigenvalue weighted by molar-refractivity contribution is 0.308. The topological polar surface area (TPSA) is 30.5 Å². The molecule has 0 saturated carbocycles. The molecule has 4 heteroatoms. The second-order valence-corrected chi connectivity index (χ2v) is 6.14. The maximum Gasteiger partial charge on any atom is 0.175 e. The minimum Gasteiger partial charge on any atom is -0.493 e. The molecule has 1 unspecified atom stereocenters. The standard InChI is InChI=1S/C17H28BrNO2/c1-6-14(7-2)12(4)19-11-13-9-15(18)17(21-8-3)16(10-13)20-5/h9-10,12,14,19H,6-8,11H2,1-5H3. The van der Waals surface area contributed by atoms with Crippen LogP contribution in [0.4, 0.5) is 0 Å². The molecule has 0 spiro atoms. The Morgan fingerprint density at radius 1 is 1.19 bits per heavy atom. The van der Waals surface area contributed by atoms with Gasteiger partial charge in [-0.15, -0.1) is 0 Å². The molecule has 0 aliphatic heterocycles. The molecule has 0 heterocycles. The number of benzene rings is 1. The summed E-state index contributed by atoms with van der Waals surface area (Å²) in [6, 6.07) is 4.65. The quantitative estimate of drug-likeness (QED) is 0.690. The van der Waals surface area contributed by atoms with E-state index in [2.05, 4.69) is 48.1 Å². The van der Waals surface area contributed by atoms with Crippen molar-refractivity contribution in [3.05, 3.63) is 22.2 Å². The molecule has 0 amide bonds. The van der Waals surface area contributed by atoms with Crippen molar-refractivity contribution in [1.29, 1.82) is 0 Å². The van der Waals surface area contributed by atoms with Crippen LogP contribution in [0.15, 0.2) is 16.6 Å². The first-order valence-electron chi connectivity index (χ1n) is 7.79. The average molecular weight is 358 g/mol. The minimum absolute atomic E-state index is 0.510. The zero-order valence-corrected chi connectivity index (χ0v) is 15.4. The fourth-order valence-corrected chi connectivity index (χ4v) is 3.20. The van der Waals surface area contributed by atoms with Crippen LogP contribution in [0.5, 0.6) is 11.5 Å². The van der Waals surface area contributed by atoms with E-state index < -0.39 is 0 Å². The smallest absolute Gasteiger partial charge is 0.175 e. The van der Waals surface area contributed by atoms with E-state index >= 15 is 0 Å². The van der Waals surface area contributed by atoms with E-state index in [0.29, 0.717) is 12.6 Å². The molecule has 120 valence electrons. The Kier molecular flexibility index (Phi) is 8.12. The highest BCUT2D eigenvalue weighted by Crippen LogP contribution is 2.36. The highest BCUT2D eigenvalue weighted by molar-refractivity contribution is 9.10. The van der Waals surface area contributed by atoms with E-state index in [9.17, 15) is 0 Å². The molecule has 0 saturated heterocycles. The summed E-state index contributed by atoms with van der Waals surface area (Å²) in [5.74, 6) is 2.27. The van der Waals surface area contributed by atoms with Crippen LogP contribution in [0.3, 0.4) is 0 Å². The van der Waals surface area contributed by atoms with Gasteiger partial charge in [-0.05, 0) is 53.4 Å². The van der Waals surface area contributed by atoms with Crippen molar-refractivity contribution in [1.82, 2.24) is 5.32 Å². The van der Waals surface area contributed by atoms with Crippen LogP contribution in [0.2, 0.25) is 0 Å². The zero-order chi connectivity index (χ0) is 15.8. The Balaban J connectivity index is 2.78. The number of halogens is 1. The molecule has 0 aliphatic rings. The van der Waals surface area contributed by atoms with Gasteiger partial charge in [-0.2, -0.15) is 0 Å².